The maximum atomic E-state index is 12.6. The van der Waals surface area contributed by atoms with E-state index in [2.05, 4.69) is 5.10 Å². The number of hydrogen-bond acceptors (Lipinski definition) is 3. The highest BCUT2D eigenvalue weighted by Gasteiger charge is 2.31. The lowest BCUT2D eigenvalue weighted by Crippen LogP contribution is -2.05. The van der Waals surface area contributed by atoms with E-state index in [4.69, 9.17) is 10.00 Å². The maximum Gasteiger partial charge on any atom is 0.416 e. The van der Waals surface area contributed by atoms with Crippen molar-refractivity contribution in [3.63, 3.8) is 0 Å². The highest BCUT2D eigenvalue weighted by molar-refractivity contribution is 5.47. The summed E-state index contributed by atoms with van der Waals surface area (Å²) in [7, 11) is 0. The van der Waals surface area contributed by atoms with Crippen LogP contribution < -0.4 is 4.74 Å². The third-order valence-corrected chi connectivity index (χ3v) is 2.76. The Morgan fingerprint density at radius 2 is 2.05 bits per heavy atom. The largest absolute Gasteiger partial charge is 0.453 e. The summed E-state index contributed by atoms with van der Waals surface area (Å²) in [6.07, 6.45) is -1.44. The van der Waals surface area contributed by atoms with Gasteiger partial charge in [0.25, 0.3) is 0 Å². The lowest BCUT2D eigenvalue weighted by atomic mass is 10.1. The fourth-order valence-corrected chi connectivity index (χ4v) is 1.67. The molecule has 4 nitrogen and oxygen atoms in total. The van der Waals surface area contributed by atoms with Gasteiger partial charge in [0.05, 0.1) is 23.5 Å². The SMILES string of the molecule is CC(C)n1cc(Oc2ccc(C(F)(F)F)cc2C#N)cn1. The second-order valence-electron chi connectivity index (χ2n) is 4.67. The van der Waals surface area contributed by atoms with Crippen LogP contribution in [0, 0.1) is 11.3 Å². The molecule has 0 unspecified atom stereocenters. The summed E-state index contributed by atoms with van der Waals surface area (Å²) in [5.41, 5.74) is -1.06. The fourth-order valence-electron chi connectivity index (χ4n) is 1.67. The van der Waals surface area contributed by atoms with Crippen LogP contribution >= 0.6 is 0 Å². The summed E-state index contributed by atoms with van der Waals surface area (Å²) in [6.45, 7) is 3.85. The molecule has 1 aromatic heterocycles. The van der Waals surface area contributed by atoms with Crippen molar-refractivity contribution in [3.8, 4) is 17.6 Å². The summed E-state index contributed by atoms with van der Waals surface area (Å²) in [5, 5.41) is 13.0. The van der Waals surface area contributed by atoms with Crippen LogP contribution in [0.1, 0.15) is 31.0 Å². The summed E-state index contributed by atoms with van der Waals surface area (Å²) < 4.78 is 44.8. The molecule has 2 rings (SSSR count). The number of ether oxygens (including phenoxy) is 1. The Labute approximate surface area is 119 Å². The van der Waals surface area contributed by atoms with E-state index in [0.29, 0.717) is 5.75 Å². The molecule has 0 radical (unpaired) electrons. The molecule has 0 aliphatic carbocycles. The minimum Gasteiger partial charge on any atom is -0.453 e. The summed E-state index contributed by atoms with van der Waals surface area (Å²) in [6, 6.07) is 4.61. The zero-order valence-corrected chi connectivity index (χ0v) is 11.3. The minimum atomic E-state index is -4.49. The molecule has 0 N–H and O–H groups in total. The van der Waals surface area contributed by atoms with Gasteiger partial charge in [-0.1, -0.05) is 0 Å². The van der Waals surface area contributed by atoms with Crippen molar-refractivity contribution in [1.29, 1.82) is 5.26 Å². The Hall–Kier alpha value is -2.49. The van der Waals surface area contributed by atoms with Crippen LogP contribution in [0.2, 0.25) is 0 Å². The number of alkyl halides is 3. The summed E-state index contributed by atoms with van der Waals surface area (Å²) in [5.74, 6) is 0.425. The highest BCUT2D eigenvalue weighted by atomic mass is 19.4. The predicted octanol–water partition coefficient (Wildman–Crippen LogP) is 4.15. The van der Waals surface area contributed by atoms with E-state index in [1.54, 1.807) is 16.9 Å². The van der Waals surface area contributed by atoms with Crippen LogP contribution in [0.3, 0.4) is 0 Å². The van der Waals surface area contributed by atoms with Crippen LogP contribution in [0.4, 0.5) is 13.2 Å². The second-order valence-corrected chi connectivity index (χ2v) is 4.67. The van der Waals surface area contributed by atoms with Crippen molar-refractivity contribution < 1.29 is 17.9 Å². The van der Waals surface area contributed by atoms with Crippen molar-refractivity contribution in [2.24, 2.45) is 0 Å². The number of aromatic nitrogens is 2. The first-order valence-electron chi connectivity index (χ1n) is 6.14. The highest BCUT2D eigenvalue weighted by Crippen LogP contribution is 2.33. The molecule has 0 amide bonds. The average molecular weight is 295 g/mol. The molecule has 0 saturated heterocycles. The van der Waals surface area contributed by atoms with Crippen LogP contribution in [0.15, 0.2) is 30.6 Å². The molecule has 1 aromatic carbocycles. The van der Waals surface area contributed by atoms with E-state index in [1.165, 1.54) is 6.20 Å². The Morgan fingerprint density at radius 3 is 2.57 bits per heavy atom. The first kappa shape index (κ1) is 14.9. The van der Waals surface area contributed by atoms with Gasteiger partial charge in [-0.25, -0.2) is 0 Å². The zero-order valence-electron chi connectivity index (χ0n) is 11.3. The molecule has 0 aliphatic heterocycles. The van der Waals surface area contributed by atoms with Gasteiger partial charge in [0.15, 0.2) is 5.75 Å². The van der Waals surface area contributed by atoms with Crippen molar-refractivity contribution in [2.45, 2.75) is 26.1 Å². The number of benzene rings is 1. The number of nitriles is 1. The van der Waals surface area contributed by atoms with Crippen molar-refractivity contribution in [1.82, 2.24) is 9.78 Å². The first-order valence-corrected chi connectivity index (χ1v) is 6.14. The zero-order chi connectivity index (χ0) is 15.6. The topological polar surface area (TPSA) is 50.8 Å². The monoisotopic (exact) mass is 295 g/mol. The number of hydrogen-bond donors (Lipinski definition) is 0. The maximum absolute atomic E-state index is 12.6. The van der Waals surface area contributed by atoms with E-state index in [9.17, 15) is 13.2 Å². The summed E-state index contributed by atoms with van der Waals surface area (Å²) in [4.78, 5) is 0. The van der Waals surface area contributed by atoms with Crippen LogP contribution in [0.5, 0.6) is 11.5 Å². The lowest BCUT2D eigenvalue weighted by Gasteiger charge is -2.10. The van der Waals surface area contributed by atoms with Gasteiger partial charge >= 0.3 is 6.18 Å². The van der Waals surface area contributed by atoms with Crippen molar-refractivity contribution >= 4 is 0 Å². The molecule has 0 saturated carbocycles. The molecule has 1 heterocycles. The molecule has 0 aliphatic rings. The van der Waals surface area contributed by atoms with Gasteiger partial charge in [0, 0.05) is 6.04 Å². The second kappa shape index (κ2) is 5.48. The quantitative estimate of drug-likeness (QED) is 0.854. The molecule has 0 atom stereocenters. The number of nitrogens with zero attached hydrogens (tertiary/aromatic N) is 3. The van der Waals surface area contributed by atoms with Gasteiger partial charge in [-0.3, -0.25) is 4.68 Å². The van der Waals surface area contributed by atoms with Crippen LogP contribution in [-0.2, 0) is 6.18 Å². The Morgan fingerprint density at radius 1 is 1.33 bits per heavy atom. The third kappa shape index (κ3) is 3.34. The van der Waals surface area contributed by atoms with Gasteiger partial charge in [-0.05, 0) is 32.0 Å². The normalized spacial score (nSPS) is 11.5. The molecule has 0 bridgehead atoms. The molecule has 21 heavy (non-hydrogen) atoms. The fraction of sp³-hybridized carbons (Fsp3) is 0.286. The van der Waals surface area contributed by atoms with E-state index >= 15 is 0 Å². The summed E-state index contributed by atoms with van der Waals surface area (Å²) >= 11 is 0. The average Bonchev–Trinajstić information content (AvgIpc) is 2.86. The molecular formula is C14H12F3N3O. The Kier molecular flexibility index (Phi) is 3.89. The smallest absolute Gasteiger partial charge is 0.416 e. The van der Waals surface area contributed by atoms with E-state index in [0.717, 1.165) is 18.2 Å². The van der Waals surface area contributed by atoms with Gasteiger partial charge in [0.1, 0.15) is 11.8 Å². The molecule has 7 heteroatoms. The van der Waals surface area contributed by atoms with E-state index < -0.39 is 11.7 Å². The van der Waals surface area contributed by atoms with Crippen molar-refractivity contribution in [3.05, 3.63) is 41.7 Å². The minimum absolute atomic E-state index is 0.0637. The molecule has 0 spiro atoms. The molecule has 2 aromatic rings. The predicted molar refractivity (Wildman–Crippen MR) is 68.8 cm³/mol. The first-order chi connectivity index (χ1) is 9.81. The number of halogens is 3. The van der Waals surface area contributed by atoms with Gasteiger partial charge in [-0.2, -0.15) is 23.5 Å². The Bertz CT molecular complexity index is 684. The number of rotatable bonds is 3. The third-order valence-electron chi connectivity index (χ3n) is 2.76. The van der Waals surface area contributed by atoms with Crippen LogP contribution in [-0.4, -0.2) is 9.78 Å². The van der Waals surface area contributed by atoms with Gasteiger partial charge in [0.2, 0.25) is 0 Å². The Balaban J connectivity index is 2.30. The van der Waals surface area contributed by atoms with Gasteiger partial charge in [-0.15, -0.1) is 0 Å². The molecule has 0 fully saturated rings. The van der Waals surface area contributed by atoms with Crippen LogP contribution in [0.25, 0.3) is 0 Å². The lowest BCUT2D eigenvalue weighted by molar-refractivity contribution is -0.137. The van der Waals surface area contributed by atoms with Gasteiger partial charge < -0.3 is 4.74 Å². The van der Waals surface area contributed by atoms with E-state index in [-0.39, 0.29) is 17.4 Å². The van der Waals surface area contributed by atoms with Crippen molar-refractivity contribution in [2.75, 3.05) is 0 Å². The molecule has 110 valence electrons. The standard InChI is InChI=1S/C14H12F3N3O/c1-9(2)20-8-12(7-19-20)21-13-4-3-11(14(15,16)17)5-10(13)6-18/h3-5,7-9H,1-2H3. The molecular weight excluding hydrogens is 283 g/mol. The van der Waals surface area contributed by atoms with E-state index in [1.807, 2.05) is 13.8 Å².